The highest BCUT2D eigenvalue weighted by molar-refractivity contribution is 7.12. The molecular weight excluding hydrogens is 272 g/mol. The molecule has 0 radical (unpaired) electrons. The zero-order valence-corrected chi connectivity index (χ0v) is 10.6. The van der Waals surface area contributed by atoms with E-state index in [0.29, 0.717) is 20.9 Å². The molecular formula is C12H7ClN2O2S. The molecule has 3 aromatic rings. The minimum Gasteiger partial charge on any atom is -0.306 e. The lowest BCUT2D eigenvalue weighted by molar-refractivity contribution is 0.917. The summed E-state index contributed by atoms with van der Waals surface area (Å²) in [5, 5.41) is 3.32. The van der Waals surface area contributed by atoms with Crippen LogP contribution in [0.5, 0.6) is 0 Å². The molecule has 0 bridgehead atoms. The molecule has 1 aromatic carbocycles. The van der Waals surface area contributed by atoms with Crippen molar-refractivity contribution in [2.45, 2.75) is 0 Å². The molecule has 6 heteroatoms. The third-order valence-electron chi connectivity index (χ3n) is 2.59. The molecule has 2 aromatic heterocycles. The van der Waals surface area contributed by atoms with Crippen LogP contribution in [0, 0.1) is 0 Å². The first-order valence-corrected chi connectivity index (χ1v) is 6.41. The van der Waals surface area contributed by atoms with Crippen LogP contribution in [0.2, 0.25) is 5.02 Å². The largest absolute Gasteiger partial charge is 0.334 e. The molecule has 0 aliphatic rings. The number of hydrogen-bond acceptors (Lipinski definition) is 3. The first-order valence-electron chi connectivity index (χ1n) is 5.15. The number of benzene rings is 1. The maximum Gasteiger partial charge on any atom is 0.334 e. The van der Waals surface area contributed by atoms with Crippen molar-refractivity contribution in [3.05, 3.63) is 61.6 Å². The number of fused-ring (bicyclic) bond motifs is 1. The molecule has 0 saturated carbocycles. The molecule has 3 rings (SSSR count). The standard InChI is InChI=1S/C12H7ClN2O2S/c13-7-3-4-8-9(6-7)14-12(17)15(11(8)16)10-2-1-5-18-10/h1-6H,(H,14,17). The number of rotatable bonds is 1. The molecule has 0 saturated heterocycles. The Morgan fingerprint density at radius 1 is 1.22 bits per heavy atom. The summed E-state index contributed by atoms with van der Waals surface area (Å²) in [5.74, 6) is 0. The summed E-state index contributed by atoms with van der Waals surface area (Å²) in [6, 6.07) is 8.32. The first-order chi connectivity index (χ1) is 8.66. The highest BCUT2D eigenvalue weighted by Gasteiger charge is 2.10. The van der Waals surface area contributed by atoms with Gasteiger partial charge in [0.25, 0.3) is 5.56 Å². The van der Waals surface area contributed by atoms with Crippen molar-refractivity contribution in [2.75, 3.05) is 0 Å². The molecule has 0 spiro atoms. The fourth-order valence-corrected chi connectivity index (χ4v) is 2.68. The summed E-state index contributed by atoms with van der Waals surface area (Å²) in [6.07, 6.45) is 0. The van der Waals surface area contributed by atoms with E-state index >= 15 is 0 Å². The fraction of sp³-hybridized carbons (Fsp3) is 0. The van der Waals surface area contributed by atoms with Crippen molar-refractivity contribution in [3.63, 3.8) is 0 Å². The van der Waals surface area contributed by atoms with E-state index in [2.05, 4.69) is 4.98 Å². The molecule has 1 N–H and O–H groups in total. The molecule has 0 amide bonds. The summed E-state index contributed by atoms with van der Waals surface area (Å²) in [5.41, 5.74) is -0.351. The van der Waals surface area contributed by atoms with Crippen LogP contribution in [0.4, 0.5) is 0 Å². The number of H-pyrrole nitrogens is 1. The maximum atomic E-state index is 12.3. The quantitative estimate of drug-likeness (QED) is 0.743. The second-order valence-electron chi connectivity index (χ2n) is 3.71. The molecule has 0 atom stereocenters. The Bertz CT molecular complexity index is 833. The molecule has 0 fully saturated rings. The van der Waals surface area contributed by atoms with E-state index in [1.807, 2.05) is 5.38 Å². The van der Waals surface area contributed by atoms with Crippen LogP contribution in [-0.2, 0) is 0 Å². The topological polar surface area (TPSA) is 54.9 Å². The normalized spacial score (nSPS) is 10.9. The van der Waals surface area contributed by atoms with Crippen LogP contribution in [0.1, 0.15) is 0 Å². The van der Waals surface area contributed by atoms with Crippen LogP contribution in [0.25, 0.3) is 15.9 Å². The summed E-state index contributed by atoms with van der Waals surface area (Å²) in [7, 11) is 0. The van der Waals surface area contributed by atoms with Gasteiger partial charge in [-0.15, -0.1) is 11.3 Å². The lowest BCUT2D eigenvalue weighted by Crippen LogP contribution is -2.32. The van der Waals surface area contributed by atoms with Crippen LogP contribution < -0.4 is 11.2 Å². The molecule has 0 aliphatic heterocycles. The smallest absolute Gasteiger partial charge is 0.306 e. The van der Waals surface area contributed by atoms with Crippen molar-refractivity contribution in [3.8, 4) is 5.00 Å². The Morgan fingerprint density at radius 3 is 2.78 bits per heavy atom. The van der Waals surface area contributed by atoms with Crippen LogP contribution in [-0.4, -0.2) is 9.55 Å². The first kappa shape index (κ1) is 11.3. The fourth-order valence-electron chi connectivity index (χ4n) is 1.79. The van der Waals surface area contributed by atoms with Crippen LogP contribution in [0.15, 0.2) is 45.3 Å². The second kappa shape index (κ2) is 4.12. The predicted octanol–water partition coefficient (Wildman–Crippen LogP) is 2.39. The Labute approximate surface area is 110 Å². The number of halogens is 1. The van der Waals surface area contributed by atoms with Gasteiger partial charge in [0.15, 0.2) is 0 Å². The summed E-state index contributed by atoms with van der Waals surface area (Å²) >= 11 is 7.17. The highest BCUT2D eigenvalue weighted by atomic mass is 35.5. The van der Waals surface area contributed by atoms with Gasteiger partial charge < -0.3 is 4.98 Å². The van der Waals surface area contributed by atoms with Gasteiger partial charge in [0.2, 0.25) is 0 Å². The Kier molecular flexibility index (Phi) is 2.57. The lowest BCUT2D eigenvalue weighted by atomic mass is 10.2. The van der Waals surface area contributed by atoms with Gasteiger partial charge >= 0.3 is 5.69 Å². The van der Waals surface area contributed by atoms with E-state index in [1.54, 1.807) is 30.3 Å². The second-order valence-corrected chi connectivity index (χ2v) is 5.07. The van der Waals surface area contributed by atoms with E-state index in [1.165, 1.54) is 11.3 Å². The van der Waals surface area contributed by atoms with Gasteiger partial charge in [0.05, 0.1) is 10.9 Å². The Hall–Kier alpha value is -1.85. The lowest BCUT2D eigenvalue weighted by Gasteiger charge is -2.03. The van der Waals surface area contributed by atoms with E-state index in [0.717, 1.165) is 4.57 Å². The third kappa shape index (κ3) is 1.68. The molecule has 2 heterocycles. The van der Waals surface area contributed by atoms with Crippen molar-refractivity contribution < 1.29 is 0 Å². The highest BCUT2D eigenvalue weighted by Crippen LogP contribution is 2.15. The number of thiophene rings is 1. The monoisotopic (exact) mass is 278 g/mol. The summed E-state index contributed by atoms with van der Waals surface area (Å²) in [6.45, 7) is 0. The van der Waals surface area contributed by atoms with E-state index in [4.69, 9.17) is 11.6 Å². The number of aromatic nitrogens is 2. The SMILES string of the molecule is O=c1[nH]c2cc(Cl)ccc2c(=O)n1-c1cccs1. The number of nitrogens with one attached hydrogen (secondary N) is 1. The number of aromatic amines is 1. The number of hydrogen-bond donors (Lipinski definition) is 1. The molecule has 0 aliphatic carbocycles. The molecule has 18 heavy (non-hydrogen) atoms. The summed E-state index contributed by atoms with van der Waals surface area (Å²) in [4.78, 5) is 26.9. The van der Waals surface area contributed by atoms with Crippen LogP contribution >= 0.6 is 22.9 Å². The van der Waals surface area contributed by atoms with Gasteiger partial charge in [-0.3, -0.25) is 4.79 Å². The van der Waals surface area contributed by atoms with Crippen molar-refractivity contribution in [1.29, 1.82) is 0 Å². The Balaban J connectivity index is 2.46. The average Bonchev–Trinajstić information content (AvgIpc) is 2.82. The van der Waals surface area contributed by atoms with Gasteiger partial charge in [-0.1, -0.05) is 11.6 Å². The zero-order chi connectivity index (χ0) is 12.7. The maximum absolute atomic E-state index is 12.3. The van der Waals surface area contributed by atoms with Crippen molar-refractivity contribution in [2.24, 2.45) is 0 Å². The van der Waals surface area contributed by atoms with Gasteiger partial charge in [-0.05, 0) is 35.7 Å². The number of nitrogens with zero attached hydrogens (tertiary/aromatic N) is 1. The van der Waals surface area contributed by atoms with Gasteiger partial charge in [-0.2, -0.15) is 0 Å². The third-order valence-corrected chi connectivity index (χ3v) is 3.67. The molecule has 4 nitrogen and oxygen atoms in total. The van der Waals surface area contributed by atoms with Crippen molar-refractivity contribution >= 4 is 33.8 Å². The van der Waals surface area contributed by atoms with Crippen LogP contribution in [0.3, 0.4) is 0 Å². The van der Waals surface area contributed by atoms with E-state index in [9.17, 15) is 9.59 Å². The van der Waals surface area contributed by atoms with Crippen molar-refractivity contribution in [1.82, 2.24) is 9.55 Å². The van der Waals surface area contributed by atoms with Gasteiger partial charge in [0.1, 0.15) is 5.00 Å². The summed E-state index contributed by atoms with van der Waals surface area (Å²) < 4.78 is 1.13. The van der Waals surface area contributed by atoms with E-state index in [-0.39, 0.29) is 5.56 Å². The zero-order valence-electron chi connectivity index (χ0n) is 9.01. The predicted molar refractivity (Wildman–Crippen MR) is 73.1 cm³/mol. The van der Waals surface area contributed by atoms with E-state index < -0.39 is 5.69 Å². The van der Waals surface area contributed by atoms with Gasteiger partial charge in [0, 0.05) is 5.02 Å². The average molecular weight is 279 g/mol. The molecule has 90 valence electrons. The molecule has 0 unspecified atom stereocenters. The van der Waals surface area contributed by atoms with Gasteiger partial charge in [-0.25, -0.2) is 9.36 Å². The Morgan fingerprint density at radius 2 is 2.06 bits per heavy atom. The minimum atomic E-state index is -0.461. The minimum absolute atomic E-state index is 0.340.